The second-order valence-corrected chi connectivity index (χ2v) is 7.97. The third-order valence-electron chi connectivity index (χ3n) is 5.50. The Kier molecular flexibility index (Phi) is 7.14. The molecule has 2 atom stereocenters. The molecule has 3 aromatic rings. The summed E-state index contributed by atoms with van der Waals surface area (Å²) in [6.45, 7) is -1.14. The Morgan fingerprint density at radius 1 is 0.917 bits per heavy atom. The summed E-state index contributed by atoms with van der Waals surface area (Å²) in [6.07, 6.45) is -3.27. The predicted octanol–water partition coefficient (Wildman–Crippen LogP) is 6.51. The van der Waals surface area contributed by atoms with E-state index in [0.29, 0.717) is 11.3 Å². The summed E-state index contributed by atoms with van der Waals surface area (Å²) < 4.78 is 71.8. The van der Waals surface area contributed by atoms with E-state index in [1.165, 1.54) is 41.3 Å². The lowest BCUT2D eigenvalue weighted by atomic mass is 10.1. The minimum atomic E-state index is -4.88. The van der Waals surface area contributed by atoms with Crippen molar-refractivity contribution in [2.75, 3.05) is 4.90 Å². The molecule has 0 saturated heterocycles. The first-order chi connectivity index (χ1) is 17.1. The van der Waals surface area contributed by atoms with Crippen LogP contribution in [-0.4, -0.2) is 18.9 Å². The number of alkyl halides is 5. The molecule has 0 radical (unpaired) electrons. The Morgan fingerprint density at radius 2 is 1.61 bits per heavy atom. The average molecular weight is 504 g/mol. The molecule has 5 nitrogen and oxygen atoms in total. The van der Waals surface area contributed by atoms with Crippen molar-refractivity contribution in [2.24, 2.45) is 0 Å². The first-order valence-electron chi connectivity index (χ1n) is 10.9. The van der Waals surface area contributed by atoms with Crippen LogP contribution in [0.3, 0.4) is 0 Å². The number of carbonyl (C=O) groups is 1. The van der Waals surface area contributed by atoms with Crippen LogP contribution in [0, 0.1) is 0 Å². The van der Waals surface area contributed by atoms with Crippen molar-refractivity contribution in [3.05, 3.63) is 102 Å². The van der Waals surface area contributed by atoms with Crippen LogP contribution in [-0.2, 0) is 4.79 Å². The van der Waals surface area contributed by atoms with Gasteiger partial charge in [0.25, 0.3) is 5.91 Å². The van der Waals surface area contributed by atoms with Crippen molar-refractivity contribution < 1.29 is 36.2 Å². The predicted molar refractivity (Wildman–Crippen MR) is 123 cm³/mol. The summed E-state index contributed by atoms with van der Waals surface area (Å²) in [5.74, 6) is -0.963. The zero-order valence-electron chi connectivity index (χ0n) is 18.9. The number of halogens is 5. The van der Waals surface area contributed by atoms with Crippen LogP contribution in [0.1, 0.15) is 30.1 Å². The van der Waals surface area contributed by atoms with Gasteiger partial charge in [-0.05, 0) is 60.5 Å². The monoisotopic (exact) mass is 504 g/mol. The largest absolute Gasteiger partial charge is 0.573 e. The lowest BCUT2D eigenvalue weighted by Crippen LogP contribution is -2.33. The molecule has 1 unspecified atom stereocenters. The fourth-order valence-corrected chi connectivity index (χ4v) is 3.93. The standard InChI is InChI=1S/C26H21F5N2O3/c1-16(17-6-3-2-4-7-17)32-22-15-23(18-8-5-9-21(14-18)36-26(29,30)31)33(24(22)34)19-10-12-20(13-11-19)35-25(27)28/h2-16,23,25,32H,1H3/t16-,23?/m1/s1. The smallest absolute Gasteiger partial charge is 0.435 e. The van der Waals surface area contributed by atoms with Crippen LogP contribution in [0.25, 0.3) is 0 Å². The number of carbonyl (C=O) groups excluding carboxylic acids is 1. The first-order valence-corrected chi connectivity index (χ1v) is 10.9. The molecule has 0 bridgehead atoms. The highest BCUT2D eigenvalue weighted by atomic mass is 19.4. The van der Waals surface area contributed by atoms with Crippen molar-refractivity contribution >= 4 is 11.6 Å². The Labute approximate surface area is 203 Å². The molecule has 1 amide bonds. The van der Waals surface area contributed by atoms with E-state index in [1.54, 1.807) is 12.1 Å². The molecule has 1 aliphatic rings. The molecule has 36 heavy (non-hydrogen) atoms. The quantitative estimate of drug-likeness (QED) is 0.356. The molecule has 3 aromatic carbocycles. The van der Waals surface area contributed by atoms with Gasteiger partial charge in [-0.3, -0.25) is 9.69 Å². The minimum Gasteiger partial charge on any atom is -0.435 e. The SMILES string of the molecule is C[C@@H](NC1=CC(c2cccc(OC(F)(F)F)c2)N(c2ccc(OC(F)F)cc2)C1=O)c1ccccc1. The van der Waals surface area contributed by atoms with Gasteiger partial charge in [0.2, 0.25) is 0 Å². The molecule has 188 valence electrons. The summed E-state index contributed by atoms with van der Waals surface area (Å²) >= 11 is 0. The molecular formula is C26H21F5N2O3. The molecule has 1 heterocycles. The van der Waals surface area contributed by atoms with E-state index in [0.717, 1.165) is 11.6 Å². The highest BCUT2D eigenvalue weighted by Gasteiger charge is 2.36. The summed E-state index contributed by atoms with van der Waals surface area (Å²) in [4.78, 5) is 14.8. The zero-order chi connectivity index (χ0) is 25.9. The molecule has 0 saturated carbocycles. The van der Waals surface area contributed by atoms with Crippen LogP contribution in [0.2, 0.25) is 0 Å². The van der Waals surface area contributed by atoms with Crippen molar-refractivity contribution in [3.63, 3.8) is 0 Å². The Bertz CT molecular complexity index is 1230. The maximum atomic E-state index is 13.5. The fourth-order valence-electron chi connectivity index (χ4n) is 3.93. The Balaban J connectivity index is 1.68. The summed E-state index contributed by atoms with van der Waals surface area (Å²) in [6, 6.07) is 19.1. The number of nitrogens with one attached hydrogen (secondary N) is 1. The van der Waals surface area contributed by atoms with Crippen LogP contribution in [0.15, 0.2) is 90.6 Å². The highest BCUT2D eigenvalue weighted by molar-refractivity contribution is 6.09. The van der Waals surface area contributed by atoms with Crippen LogP contribution >= 0.6 is 0 Å². The maximum Gasteiger partial charge on any atom is 0.573 e. The van der Waals surface area contributed by atoms with Crippen molar-refractivity contribution in [3.8, 4) is 11.5 Å². The van der Waals surface area contributed by atoms with E-state index in [-0.39, 0.29) is 17.5 Å². The van der Waals surface area contributed by atoms with Gasteiger partial charge in [-0.2, -0.15) is 8.78 Å². The fraction of sp³-hybridized carbons (Fsp3) is 0.192. The number of amides is 1. The summed E-state index contributed by atoms with van der Waals surface area (Å²) in [5.41, 5.74) is 1.87. The molecule has 4 rings (SSSR count). The van der Waals surface area contributed by atoms with Gasteiger partial charge in [-0.25, -0.2) is 0 Å². The molecule has 1 N–H and O–H groups in total. The lowest BCUT2D eigenvalue weighted by molar-refractivity contribution is -0.274. The second kappa shape index (κ2) is 10.3. The molecule has 0 spiro atoms. The average Bonchev–Trinajstić information content (AvgIpc) is 3.15. The Morgan fingerprint density at radius 3 is 2.25 bits per heavy atom. The second-order valence-electron chi connectivity index (χ2n) is 7.97. The first kappa shape index (κ1) is 25.0. The molecular weight excluding hydrogens is 483 g/mol. The zero-order valence-corrected chi connectivity index (χ0v) is 18.9. The van der Waals surface area contributed by atoms with E-state index < -0.39 is 30.7 Å². The molecule has 0 aliphatic carbocycles. The van der Waals surface area contributed by atoms with Crippen molar-refractivity contribution in [2.45, 2.75) is 32.0 Å². The van der Waals surface area contributed by atoms with Crippen LogP contribution in [0.5, 0.6) is 11.5 Å². The number of benzene rings is 3. The number of hydrogen-bond donors (Lipinski definition) is 1. The summed E-state index contributed by atoms with van der Waals surface area (Å²) in [5, 5.41) is 3.17. The normalized spacial score (nSPS) is 16.6. The minimum absolute atomic E-state index is 0.0958. The number of hydrogen-bond acceptors (Lipinski definition) is 4. The van der Waals surface area contributed by atoms with Gasteiger partial charge in [-0.1, -0.05) is 42.5 Å². The van der Waals surface area contributed by atoms with Gasteiger partial charge in [0, 0.05) is 11.7 Å². The molecule has 0 fully saturated rings. The molecule has 0 aromatic heterocycles. The Hall–Kier alpha value is -4.08. The van der Waals surface area contributed by atoms with E-state index in [1.807, 2.05) is 37.3 Å². The number of nitrogens with zero attached hydrogens (tertiary/aromatic N) is 1. The van der Waals surface area contributed by atoms with Crippen LogP contribution in [0.4, 0.5) is 27.6 Å². The molecule has 10 heteroatoms. The van der Waals surface area contributed by atoms with E-state index in [4.69, 9.17) is 0 Å². The third-order valence-corrected chi connectivity index (χ3v) is 5.50. The summed E-state index contributed by atoms with van der Waals surface area (Å²) in [7, 11) is 0. The number of rotatable bonds is 8. The van der Waals surface area contributed by atoms with Gasteiger partial charge < -0.3 is 14.8 Å². The van der Waals surface area contributed by atoms with Gasteiger partial charge in [-0.15, -0.1) is 13.2 Å². The van der Waals surface area contributed by atoms with Crippen molar-refractivity contribution in [1.82, 2.24) is 5.32 Å². The molecule has 1 aliphatic heterocycles. The highest BCUT2D eigenvalue weighted by Crippen LogP contribution is 2.38. The van der Waals surface area contributed by atoms with Gasteiger partial charge in [0.15, 0.2) is 0 Å². The number of ether oxygens (including phenoxy) is 2. The van der Waals surface area contributed by atoms with Gasteiger partial charge in [0.05, 0.1) is 11.7 Å². The van der Waals surface area contributed by atoms with Crippen LogP contribution < -0.4 is 19.7 Å². The lowest BCUT2D eigenvalue weighted by Gasteiger charge is -2.26. The van der Waals surface area contributed by atoms with Crippen molar-refractivity contribution in [1.29, 1.82) is 0 Å². The number of anilines is 1. The topological polar surface area (TPSA) is 50.8 Å². The van der Waals surface area contributed by atoms with Gasteiger partial charge in [0.1, 0.15) is 11.5 Å². The third kappa shape index (κ3) is 5.94. The van der Waals surface area contributed by atoms with E-state index in [9.17, 15) is 26.7 Å². The van der Waals surface area contributed by atoms with E-state index in [2.05, 4.69) is 14.8 Å². The van der Waals surface area contributed by atoms with Gasteiger partial charge >= 0.3 is 13.0 Å². The van der Waals surface area contributed by atoms with E-state index >= 15 is 0 Å². The maximum absolute atomic E-state index is 13.5.